The van der Waals surface area contributed by atoms with E-state index in [9.17, 15) is 14.1 Å². The average Bonchev–Trinajstić information content (AvgIpc) is 3.14. The highest BCUT2D eigenvalue weighted by Crippen LogP contribution is 2.40. The van der Waals surface area contributed by atoms with Gasteiger partial charge in [-0.05, 0) is 67.6 Å². The van der Waals surface area contributed by atoms with E-state index in [4.69, 9.17) is 16.6 Å². The van der Waals surface area contributed by atoms with Crippen molar-refractivity contribution in [2.24, 2.45) is 0 Å². The zero-order valence-corrected chi connectivity index (χ0v) is 18.4. The largest absolute Gasteiger partial charge is 0.394 e. The molecule has 2 heterocycles. The van der Waals surface area contributed by atoms with Gasteiger partial charge < -0.3 is 15.7 Å². The van der Waals surface area contributed by atoms with Crippen molar-refractivity contribution in [2.75, 3.05) is 23.0 Å². The molecule has 1 fully saturated rings. The van der Waals surface area contributed by atoms with E-state index in [1.54, 1.807) is 36.4 Å². The number of amides is 1. The minimum absolute atomic E-state index is 0.0116. The molecule has 1 amide bonds. The number of rotatable bonds is 5. The number of aryl methyl sites for hydroxylation is 1. The molecule has 6 nitrogen and oxygen atoms in total. The molecular weight excluding hydrogens is 434 g/mol. The second kappa shape index (κ2) is 7.89. The molecule has 0 radical (unpaired) electrons. The number of aromatic nitrogens is 1. The highest BCUT2D eigenvalue weighted by Gasteiger charge is 2.38. The van der Waals surface area contributed by atoms with Gasteiger partial charge in [0.2, 0.25) is 0 Å². The summed E-state index contributed by atoms with van der Waals surface area (Å²) in [5.41, 5.74) is 2.44. The number of pyridine rings is 1. The van der Waals surface area contributed by atoms with Crippen molar-refractivity contribution in [3.63, 3.8) is 0 Å². The molecule has 1 saturated carbocycles. The van der Waals surface area contributed by atoms with Crippen molar-refractivity contribution in [1.82, 2.24) is 4.98 Å². The van der Waals surface area contributed by atoms with Crippen LogP contribution < -0.4 is 10.6 Å². The number of benzene rings is 2. The van der Waals surface area contributed by atoms with Gasteiger partial charge >= 0.3 is 0 Å². The normalized spacial score (nSPS) is 19.0. The first-order valence-electron chi connectivity index (χ1n) is 10.3. The van der Waals surface area contributed by atoms with E-state index in [0.717, 1.165) is 35.1 Å². The lowest BCUT2D eigenvalue weighted by Gasteiger charge is -2.41. The summed E-state index contributed by atoms with van der Waals surface area (Å²) >= 11 is 5.91. The minimum Gasteiger partial charge on any atom is -0.394 e. The van der Waals surface area contributed by atoms with Crippen molar-refractivity contribution in [2.45, 2.75) is 36.1 Å². The molecule has 31 heavy (non-hydrogen) atoms. The van der Waals surface area contributed by atoms with E-state index in [-0.39, 0.29) is 12.5 Å². The molecule has 0 saturated heterocycles. The molecule has 1 aromatic heterocycles. The fraction of sp³-hybridized carbons (Fsp3) is 0.304. The molecule has 0 spiro atoms. The number of aliphatic hydroxyl groups excluding tert-OH is 1. The minimum atomic E-state index is -1.12. The molecule has 1 aliphatic heterocycles. The van der Waals surface area contributed by atoms with Gasteiger partial charge in [-0.25, -0.2) is 4.98 Å². The number of anilines is 2. The van der Waals surface area contributed by atoms with E-state index < -0.39 is 16.3 Å². The molecule has 1 aliphatic carbocycles. The average molecular weight is 456 g/mol. The van der Waals surface area contributed by atoms with Gasteiger partial charge in [-0.3, -0.25) is 9.00 Å². The zero-order chi connectivity index (χ0) is 21.6. The maximum absolute atomic E-state index is 12.8. The zero-order valence-electron chi connectivity index (χ0n) is 16.8. The van der Waals surface area contributed by atoms with E-state index in [0.29, 0.717) is 39.8 Å². The third kappa shape index (κ3) is 3.71. The Morgan fingerprint density at radius 1 is 1.19 bits per heavy atom. The highest BCUT2D eigenvalue weighted by molar-refractivity contribution is 7.85. The van der Waals surface area contributed by atoms with Crippen molar-refractivity contribution in [3.8, 4) is 0 Å². The molecular formula is C23H22ClN3O3S. The number of nitrogens with zero attached hydrogens (tertiary/aromatic N) is 1. The Morgan fingerprint density at radius 2 is 1.97 bits per heavy atom. The summed E-state index contributed by atoms with van der Waals surface area (Å²) in [6.07, 6.45) is 3.46. The van der Waals surface area contributed by atoms with E-state index in [2.05, 4.69) is 10.6 Å². The highest BCUT2D eigenvalue weighted by atomic mass is 35.5. The van der Waals surface area contributed by atoms with Crippen molar-refractivity contribution in [3.05, 3.63) is 58.6 Å². The summed E-state index contributed by atoms with van der Waals surface area (Å²) in [6.45, 7) is 0.0116. The number of carbonyl (C=O) groups is 1. The lowest BCUT2D eigenvalue weighted by molar-refractivity contribution is 0.102. The molecule has 5 rings (SSSR count). The topological polar surface area (TPSA) is 91.3 Å². The van der Waals surface area contributed by atoms with Gasteiger partial charge in [0.15, 0.2) is 0 Å². The van der Waals surface area contributed by atoms with Gasteiger partial charge in [-0.15, -0.1) is 0 Å². The fourth-order valence-corrected chi connectivity index (χ4v) is 5.76. The molecule has 1 atom stereocenters. The van der Waals surface area contributed by atoms with Gasteiger partial charge in [0.05, 0.1) is 33.4 Å². The van der Waals surface area contributed by atoms with Crippen molar-refractivity contribution in [1.29, 1.82) is 0 Å². The summed E-state index contributed by atoms with van der Waals surface area (Å²) in [5.74, 6) is 0.896. The van der Waals surface area contributed by atoms with Crippen LogP contribution in [0.1, 0.15) is 35.2 Å². The van der Waals surface area contributed by atoms with Crippen LogP contribution in [0.5, 0.6) is 0 Å². The molecule has 3 N–H and O–H groups in total. The SMILES string of the molecule is O=C(Nc1ccc(Cl)cc1)c1ccc2c3c(c(NC4(CO)CCC4)nc2c1)S(=O)CC3. The standard InChI is InChI=1S/C23H22ClN3O3S/c24-15-3-5-16(6-4-15)25-22(29)14-2-7-17-18-8-11-31(30)20(18)21(26-19(17)12-14)27-23(13-28)9-1-10-23/h2-7,12,28H,1,8-11,13H2,(H,25,29)(H,26,27). The Labute approximate surface area is 187 Å². The molecule has 8 heteroatoms. The summed E-state index contributed by atoms with van der Waals surface area (Å²) in [6, 6.07) is 12.4. The Hall–Kier alpha value is -2.48. The van der Waals surface area contributed by atoms with E-state index in [1.807, 2.05) is 6.07 Å². The molecule has 1 unspecified atom stereocenters. The molecule has 160 valence electrons. The second-order valence-electron chi connectivity index (χ2n) is 8.18. The van der Waals surface area contributed by atoms with Crippen molar-refractivity contribution >= 4 is 50.7 Å². The van der Waals surface area contributed by atoms with Crippen LogP contribution in [0.3, 0.4) is 0 Å². The Bertz CT molecular complexity index is 1200. The first-order valence-corrected chi connectivity index (χ1v) is 12.0. The summed E-state index contributed by atoms with van der Waals surface area (Å²) < 4.78 is 12.7. The lowest BCUT2D eigenvalue weighted by atomic mass is 9.77. The van der Waals surface area contributed by atoms with Crippen LogP contribution in [0.25, 0.3) is 10.9 Å². The van der Waals surface area contributed by atoms with Crippen LogP contribution in [0, 0.1) is 0 Å². The second-order valence-corrected chi connectivity index (χ2v) is 10.1. The van der Waals surface area contributed by atoms with Gasteiger partial charge in [0.25, 0.3) is 5.91 Å². The van der Waals surface area contributed by atoms with Gasteiger partial charge in [-0.2, -0.15) is 0 Å². The van der Waals surface area contributed by atoms with Crippen LogP contribution >= 0.6 is 11.6 Å². The van der Waals surface area contributed by atoms with Crippen LogP contribution in [-0.4, -0.2) is 38.1 Å². The van der Waals surface area contributed by atoms with Gasteiger partial charge in [0, 0.05) is 27.4 Å². The van der Waals surface area contributed by atoms with Gasteiger partial charge in [-0.1, -0.05) is 17.7 Å². The summed E-state index contributed by atoms with van der Waals surface area (Å²) in [4.78, 5) is 18.3. The number of nitrogens with one attached hydrogen (secondary N) is 2. The maximum atomic E-state index is 12.8. The molecule has 3 aromatic rings. The third-order valence-corrected chi connectivity index (χ3v) is 7.89. The maximum Gasteiger partial charge on any atom is 0.255 e. The molecule has 2 aromatic carbocycles. The molecule has 2 aliphatic rings. The first-order chi connectivity index (χ1) is 15.0. The van der Waals surface area contributed by atoms with Crippen molar-refractivity contribution < 1.29 is 14.1 Å². The number of carbonyl (C=O) groups excluding carboxylic acids is 1. The van der Waals surface area contributed by atoms with Crippen LogP contribution in [0.4, 0.5) is 11.5 Å². The summed E-state index contributed by atoms with van der Waals surface area (Å²) in [7, 11) is -1.12. The number of halogens is 1. The Morgan fingerprint density at radius 3 is 2.65 bits per heavy atom. The predicted molar refractivity (Wildman–Crippen MR) is 123 cm³/mol. The predicted octanol–water partition coefficient (Wildman–Crippen LogP) is 4.13. The van der Waals surface area contributed by atoms with Crippen LogP contribution in [-0.2, 0) is 17.2 Å². The number of fused-ring (bicyclic) bond motifs is 3. The number of hydrogen-bond donors (Lipinski definition) is 3. The smallest absolute Gasteiger partial charge is 0.255 e. The van der Waals surface area contributed by atoms with E-state index >= 15 is 0 Å². The van der Waals surface area contributed by atoms with Crippen LogP contribution in [0.2, 0.25) is 5.02 Å². The monoisotopic (exact) mass is 455 g/mol. The third-order valence-electron chi connectivity index (χ3n) is 6.17. The van der Waals surface area contributed by atoms with Gasteiger partial charge in [0.1, 0.15) is 5.82 Å². The van der Waals surface area contributed by atoms with E-state index in [1.165, 1.54) is 0 Å². The summed E-state index contributed by atoms with van der Waals surface area (Å²) in [5, 5.41) is 17.7. The number of aliphatic hydroxyl groups is 1. The molecule has 0 bridgehead atoms. The fourth-order valence-electron chi connectivity index (χ4n) is 4.25. The Balaban J connectivity index is 1.52. The quantitative estimate of drug-likeness (QED) is 0.538. The Kier molecular flexibility index (Phi) is 5.20. The number of hydrogen-bond acceptors (Lipinski definition) is 5. The lowest BCUT2D eigenvalue weighted by Crippen LogP contribution is -2.48. The van der Waals surface area contributed by atoms with Crippen LogP contribution in [0.15, 0.2) is 47.4 Å². The first kappa shape index (κ1) is 20.4.